The van der Waals surface area contributed by atoms with Crippen LogP contribution in [0.15, 0.2) is 59.0 Å². The van der Waals surface area contributed by atoms with Gasteiger partial charge in [-0.25, -0.2) is 13.2 Å². The van der Waals surface area contributed by atoms with Crippen molar-refractivity contribution in [3.8, 4) is 5.75 Å². The van der Waals surface area contributed by atoms with Gasteiger partial charge in [0.25, 0.3) is 0 Å². The number of aliphatic carboxylic acids is 1. The van der Waals surface area contributed by atoms with Crippen LogP contribution in [0.25, 0.3) is 6.08 Å². The van der Waals surface area contributed by atoms with Crippen molar-refractivity contribution in [1.82, 2.24) is 0 Å². The third-order valence-corrected chi connectivity index (χ3v) is 5.61. The van der Waals surface area contributed by atoms with Gasteiger partial charge in [0.1, 0.15) is 5.75 Å². The number of sulfone groups is 1. The van der Waals surface area contributed by atoms with Crippen molar-refractivity contribution in [3.63, 3.8) is 0 Å². The third-order valence-electron chi connectivity index (χ3n) is 3.92. The van der Waals surface area contributed by atoms with Gasteiger partial charge in [-0.15, -0.1) is 0 Å². The zero-order valence-electron chi connectivity index (χ0n) is 13.6. The fourth-order valence-electron chi connectivity index (χ4n) is 2.67. The highest BCUT2D eigenvalue weighted by Gasteiger charge is 2.48. The first-order valence-electron chi connectivity index (χ1n) is 7.67. The van der Waals surface area contributed by atoms with Gasteiger partial charge in [-0.1, -0.05) is 30.3 Å². The lowest BCUT2D eigenvalue weighted by Crippen LogP contribution is -2.40. The Labute approximate surface area is 152 Å². The highest BCUT2D eigenvalue weighted by atomic mass is 32.2. The number of hydrogen-bond acceptors (Lipinski definition) is 4. The van der Waals surface area contributed by atoms with E-state index < -0.39 is 33.7 Å². The van der Waals surface area contributed by atoms with E-state index in [1.54, 1.807) is 30.3 Å². The van der Waals surface area contributed by atoms with Crippen LogP contribution in [0, 0.1) is 0 Å². The van der Waals surface area contributed by atoms with Gasteiger partial charge >= 0.3 is 12.1 Å². The molecule has 1 aliphatic heterocycles. The summed E-state index contributed by atoms with van der Waals surface area (Å²) in [5.74, 6) is -2.32. The topological polar surface area (TPSA) is 80.7 Å². The van der Waals surface area contributed by atoms with E-state index >= 15 is 0 Å². The first kappa shape index (κ1) is 19.0. The van der Waals surface area contributed by atoms with Crippen LogP contribution in [0.5, 0.6) is 5.75 Å². The third kappa shape index (κ3) is 3.97. The van der Waals surface area contributed by atoms with Gasteiger partial charge < -0.3 is 9.84 Å². The van der Waals surface area contributed by atoms with Crippen molar-refractivity contribution in [2.75, 3.05) is 0 Å². The van der Waals surface area contributed by atoms with E-state index in [2.05, 4.69) is 0 Å². The molecule has 2 aromatic rings. The minimum absolute atomic E-state index is 0.0398. The van der Waals surface area contributed by atoms with E-state index in [0.717, 1.165) is 24.3 Å². The fraction of sp³-hybridized carbons (Fsp3) is 0.167. The van der Waals surface area contributed by atoms with Crippen molar-refractivity contribution >= 4 is 21.9 Å². The zero-order valence-corrected chi connectivity index (χ0v) is 14.4. The van der Waals surface area contributed by atoms with Crippen LogP contribution in [0.2, 0.25) is 0 Å². The summed E-state index contributed by atoms with van der Waals surface area (Å²) in [6.45, 7) is 0. The summed E-state index contributed by atoms with van der Waals surface area (Å²) in [6.07, 6.45) is -6.74. The van der Waals surface area contributed by atoms with Crippen molar-refractivity contribution in [1.29, 1.82) is 0 Å². The second kappa shape index (κ2) is 6.73. The van der Waals surface area contributed by atoms with E-state index in [4.69, 9.17) is 9.84 Å². The molecule has 1 aliphatic rings. The number of carbonyl (C=O) groups is 1. The predicted molar refractivity (Wildman–Crippen MR) is 89.9 cm³/mol. The molecule has 0 saturated heterocycles. The Morgan fingerprint density at radius 2 is 1.78 bits per heavy atom. The maximum atomic E-state index is 13.0. The Hall–Kier alpha value is -2.81. The molecule has 0 bridgehead atoms. The largest absolute Gasteiger partial charge is 0.478 e. The van der Waals surface area contributed by atoms with Gasteiger partial charge in [0.15, 0.2) is 9.84 Å². The zero-order chi connectivity index (χ0) is 19.8. The maximum Gasteiger partial charge on any atom is 0.430 e. The van der Waals surface area contributed by atoms with E-state index in [0.29, 0.717) is 5.56 Å². The van der Waals surface area contributed by atoms with E-state index in [9.17, 15) is 26.4 Å². The lowest BCUT2D eigenvalue weighted by Gasteiger charge is -2.27. The van der Waals surface area contributed by atoms with Gasteiger partial charge in [0.2, 0.25) is 6.10 Å². The molecule has 5 nitrogen and oxygen atoms in total. The lowest BCUT2D eigenvalue weighted by atomic mass is 10.0. The minimum atomic E-state index is -4.92. The van der Waals surface area contributed by atoms with Gasteiger partial charge in [0, 0.05) is 5.56 Å². The Kier molecular flexibility index (Phi) is 4.73. The standard InChI is InChI=1S/C18H13F3O5S/c19-18(20,21)16-14(17(22)23)9-12-8-13(6-7-15(12)26-16)27(24,25)10-11-4-2-1-3-5-11/h1-9,16H,10H2,(H,22,23)/t16-/m0/s1. The summed E-state index contributed by atoms with van der Waals surface area (Å²) in [7, 11) is -3.78. The number of carboxylic acids is 1. The van der Waals surface area contributed by atoms with Crippen LogP contribution in [-0.4, -0.2) is 31.8 Å². The number of fused-ring (bicyclic) bond motifs is 1. The molecule has 0 radical (unpaired) electrons. The van der Waals surface area contributed by atoms with Crippen LogP contribution in [0.3, 0.4) is 0 Å². The molecule has 1 N–H and O–H groups in total. The number of benzene rings is 2. The number of rotatable bonds is 4. The summed E-state index contributed by atoms with van der Waals surface area (Å²) in [4.78, 5) is 11.0. The first-order chi connectivity index (χ1) is 12.6. The number of alkyl halides is 3. The normalized spacial score (nSPS) is 16.9. The summed E-state index contributed by atoms with van der Waals surface area (Å²) >= 11 is 0. The summed E-state index contributed by atoms with van der Waals surface area (Å²) in [5.41, 5.74) is -0.500. The molecular formula is C18H13F3O5S. The van der Waals surface area contributed by atoms with Crippen LogP contribution in [0.4, 0.5) is 13.2 Å². The van der Waals surface area contributed by atoms with Gasteiger partial charge in [-0.05, 0) is 29.8 Å². The van der Waals surface area contributed by atoms with Crippen LogP contribution in [0.1, 0.15) is 11.1 Å². The molecule has 1 atom stereocenters. The first-order valence-corrected chi connectivity index (χ1v) is 9.32. The van der Waals surface area contributed by atoms with E-state index in [1.165, 1.54) is 0 Å². The highest BCUT2D eigenvalue weighted by molar-refractivity contribution is 7.90. The second-order valence-electron chi connectivity index (χ2n) is 5.89. The average Bonchev–Trinajstić information content (AvgIpc) is 2.59. The Morgan fingerprint density at radius 3 is 2.37 bits per heavy atom. The van der Waals surface area contributed by atoms with Crippen molar-refractivity contribution in [2.24, 2.45) is 0 Å². The summed E-state index contributed by atoms with van der Waals surface area (Å²) in [6, 6.07) is 11.7. The Morgan fingerprint density at radius 1 is 1.11 bits per heavy atom. The molecule has 0 aliphatic carbocycles. The Bertz CT molecular complexity index is 1010. The summed E-state index contributed by atoms with van der Waals surface area (Å²) < 4.78 is 69.0. The molecule has 2 aromatic carbocycles. The minimum Gasteiger partial charge on any atom is -0.478 e. The van der Waals surface area contributed by atoms with E-state index in [1.807, 2.05) is 0 Å². The lowest BCUT2D eigenvalue weighted by molar-refractivity contribution is -0.187. The van der Waals surface area contributed by atoms with Gasteiger partial charge in [0.05, 0.1) is 16.2 Å². The van der Waals surface area contributed by atoms with Crippen LogP contribution < -0.4 is 4.74 Å². The predicted octanol–water partition coefficient (Wildman–Crippen LogP) is 3.45. The smallest absolute Gasteiger partial charge is 0.430 e. The number of halogens is 3. The van der Waals surface area contributed by atoms with Gasteiger partial charge in [-0.2, -0.15) is 13.2 Å². The molecule has 3 rings (SSSR count). The maximum absolute atomic E-state index is 13.0. The monoisotopic (exact) mass is 398 g/mol. The fourth-order valence-corrected chi connectivity index (χ4v) is 4.05. The molecule has 142 valence electrons. The molecular weight excluding hydrogens is 385 g/mol. The molecule has 0 fully saturated rings. The molecule has 0 saturated carbocycles. The van der Waals surface area contributed by atoms with Gasteiger partial charge in [-0.3, -0.25) is 0 Å². The van der Waals surface area contributed by atoms with Crippen molar-refractivity contribution in [2.45, 2.75) is 22.9 Å². The number of hydrogen-bond donors (Lipinski definition) is 1. The second-order valence-corrected chi connectivity index (χ2v) is 7.88. The molecule has 0 spiro atoms. The molecule has 0 aromatic heterocycles. The highest BCUT2D eigenvalue weighted by Crippen LogP contribution is 2.38. The summed E-state index contributed by atoms with van der Waals surface area (Å²) in [5, 5.41) is 9.06. The average molecular weight is 398 g/mol. The molecule has 0 amide bonds. The van der Waals surface area contributed by atoms with Crippen LogP contribution >= 0.6 is 0 Å². The van der Waals surface area contributed by atoms with Crippen LogP contribution in [-0.2, 0) is 20.4 Å². The van der Waals surface area contributed by atoms with Crippen molar-refractivity contribution in [3.05, 3.63) is 65.2 Å². The number of carboxylic acid groups (broad SMARTS) is 1. The number of ether oxygens (including phenoxy) is 1. The molecule has 9 heteroatoms. The Balaban J connectivity index is 2.00. The SMILES string of the molecule is O=C(O)C1=Cc2cc(S(=O)(=O)Cc3ccccc3)ccc2O[C@@H]1C(F)(F)F. The molecule has 0 unspecified atom stereocenters. The quantitative estimate of drug-likeness (QED) is 0.853. The van der Waals surface area contributed by atoms with Crippen molar-refractivity contribution < 1.29 is 36.2 Å². The molecule has 1 heterocycles. The van der Waals surface area contributed by atoms with E-state index in [-0.39, 0.29) is 22.0 Å². The molecule has 27 heavy (non-hydrogen) atoms.